The largest absolute Gasteiger partial charge is 0.460 e. The highest BCUT2D eigenvalue weighted by Gasteiger charge is 2.23. The van der Waals surface area contributed by atoms with E-state index in [1.54, 1.807) is 24.3 Å². The standard InChI is InChI=1S/C26H26N2O4/c1-14-18(11-12-23(29)28-17-9-7-16(27)8-10-17)26(30)32-24-15(2)25-21(13-20(14)24)19-5-3-4-6-22(19)31-25/h7-10,13H,3-6,11-12,27H2,1-2H3,(H,28,29). The van der Waals surface area contributed by atoms with Gasteiger partial charge in [-0.2, -0.15) is 0 Å². The number of nitrogens with one attached hydrogen (secondary N) is 1. The summed E-state index contributed by atoms with van der Waals surface area (Å²) in [7, 11) is 0. The maximum atomic E-state index is 12.8. The Morgan fingerprint density at radius 3 is 2.50 bits per heavy atom. The van der Waals surface area contributed by atoms with Crippen LogP contribution in [0.2, 0.25) is 0 Å². The predicted molar refractivity (Wildman–Crippen MR) is 126 cm³/mol. The molecular formula is C26H26N2O4. The number of anilines is 2. The molecule has 32 heavy (non-hydrogen) atoms. The molecule has 5 rings (SSSR count). The number of hydrogen-bond acceptors (Lipinski definition) is 5. The number of nitrogens with two attached hydrogens (primary N) is 1. The summed E-state index contributed by atoms with van der Waals surface area (Å²) in [4.78, 5) is 25.2. The lowest BCUT2D eigenvalue weighted by atomic mass is 9.93. The topological polar surface area (TPSA) is 98.5 Å². The van der Waals surface area contributed by atoms with E-state index in [9.17, 15) is 9.59 Å². The molecule has 0 saturated carbocycles. The number of hydrogen-bond donors (Lipinski definition) is 2. The number of nitrogen functional groups attached to an aromatic ring is 1. The zero-order valence-electron chi connectivity index (χ0n) is 18.3. The lowest BCUT2D eigenvalue weighted by Gasteiger charge is -2.11. The second-order valence-electron chi connectivity index (χ2n) is 8.63. The summed E-state index contributed by atoms with van der Waals surface area (Å²) in [6, 6.07) is 9.07. The summed E-state index contributed by atoms with van der Waals surface area (Å²) >= 11 is 0. The highest BCUT2D eigenvalue weighted by molar-refractivity contribution is 6.00. The Morgan fingerprint density at radius 1 is 1.00 bits per heavy atom. The summed E-state index contributed by atoms with van der Waals surface area (Å²) in [5.41, 5.74) is 11.5. The van der Waals surface area contributed by atoms with Gasteiger partial charge in [-0.1, -0.05) is 0 Å². The summed E-state index contributed by atoms with van der Waals surface area (Å²) in [6.07, 6.45) is 4.77. The van der Waals surface area contributed by atoms with Gasteiger partial charge in [0.05, 0.1) is 0 Å². The van der Waals surface area contributed by atoms with E-state index in [2.05, 4.69) is 11.4 Å². The third-order valence-corrected chi connectivity index (χ3v) is 6.52. The summed E-state index contributed by atoms with van der Waals surface area (Å²) in [6.45, 7) is 3.88. The van der Waals surface area contributed by atoms with Crippen LogP contribution in [0.15, 0.2) is 44.0 Å². The van der Waals surface area contributed by atoms with Crippen molar-refractivity contribution < 1.29 is 13.6 Å². The number of amides is 1. The molecule has 2 aromatic heterocycles. The number of rotatable bonds is 4. The Balaban J connectivity index is 1.48. The summed E-state index contributed by atoms with van der Waals surface area (Å²) in [5, 5.41) is 4.87. The molecule has 3 N–H and O–H groups in total. The van der Waals surface area contributed by atoms with E-state index >= 15 is 0 Å². The highest BCUT2D eigenvalue weighted by atomic mass is 16.4. The molecule has 0 bridgehead atoms. The van der Waals surface area contributed by atoms with Crippen LogP contribution < -0.4 is 16.7 Å². The zero-order chi connectivity index (χ0) is 22.4. The minimum atomic E-state index is -0.394. The maximum absolute atomic E-state index is 12.8. The van der Waals surface area contributed by atoms with Crippen molar-refractivity contribution in [1.82, 2.24) is 0 Å². The first-order valence-electron chi connectivity index (χ1n) is 11.1. The molecule has 2 aromatic carbocycles. The number of carbonyl (C=O) groups excluding carboxylic acids is 1. The van der Waals surface area contributed by atoms with Crippen molar-refractivity contribution in [2.45, 2.75) is 52.4 Å². The van der Waals surface area contributed by atoms with Crippen molar-refractivity contribution in [1.29, 1.82) is 0 Å². The predicted octanol–water partition coefficient (Wildman–Crippen LogP) is 5.19. The minimum Gasteiger partial charge on any atom is -0.460 e. The van der Waals surface area contributed by atoms with Crippen molar-refractivity contribution in [3.8, 4) is 0 Å². The van der Waals surface area contributed by atoms with E-state index in [0.29, 0.717) is 28.9 Å². The lowest BCUT2D eigenvalue weighted by Crippen LogP contribution is -2.16. The number of furan rings is 1. The van der Waals surface area contributed by atoms with Gasteiger partial charge in [0.15, 0.2) is 0 Å². The van der Waals surface area contributed by atoms with E-state index in [-0.39, 0.29) is 12.3 Å². The average Bonchev–Trinajstić information content (AvgIpc) is 3.15. The van der Waals surface area contributed by atoms with Gasteiger partial charge in [0, 0.05) is 51.7 Å². The van der Waals surface area contributed by atoms with E-state index in [4.69, 9.17) is 14.6 Å². The maximum Gasteiger partial charge on any atom is 0.339 e. The molecule has 0 atom stereocenters. The molecule has 0 fully saturated rings. The summed E-state index contributed by atoms with van der Waals surface area (Å²) < 4.78 is 11.9. The van der Waals surface area contributed by atoms with Gasteiger partial charge in [0.25, 0.3) is 0 Å². The SMILES string of the molecule is Cc1c(CCC(=O)Nc2ccc(N)cc2)c(=O)oc2c(C)c3oc4c(c3cc12)CCCC4. The van der Waals surface area contributed by atoms with Gasteiger partial charge in [-0.25, -0.2) is 4.79 Å². The number of carbonyl (C=O) groups is 1. The van der Waals surface area contributed by atoms with E-state index in [0.717, 1.165) is 58.9 Å². The molecule has 164 valence electrons. The van der Waals surface area contributed by atoms with Crippen LogP contribution in [0, 0.1) is 13.8 Å². The van der Waals surface area contributed by atoms with Crippen LogP contribution in [0.25, 0.3) is 21.9 Å². The third-order valence-electron chi connectivity index (χ3n) is 6.52. The molecule has 6 nitrogen and oxygen atoms in total. The molecule has 0 radical (unpaired) electrons. The number of fused-ring (bicyclic) bond motifs is 4. The normalized spacial score (nSPS) is 13.4. The van der Waals surface area contributed by atoms with Gasteiger partial charge in [-0.3, -0.25) is 4.79 Å². The highest BCUT2D eigenvalue weighted by Crippen LogP contribution is 2.38. The van der Waals surface area contributed by atoms with Gasteiger partial charge < -0.3 is 19.9 Å². The van der Waals surface area contributed by atoms with Crippen LogP contribution in [-0.2, 0) is 24.1 Å². The molecule has 1 aliphatic carbocycles. The van der Waals surface area contributed by atoms with E-state index in [1.807, 2.05) is 13.8 Å². The molecule has 0 spiro atoms. The van der Waals surface area contributed by atoms with Crippen LogP contribution >= 0.6 is 0 Å². The fourth-order valence-electron chi connectivity index (χ4n) is 4.73. The zero-order valence-corrected chi connectivity index (χ0v) is 18.3. The first-order valence-corrected chi connectivity index (χ1v) is 11.1. The van der Waals surface area contributed by atoms with E-state index < -0.39 is 5.63 Å². The van der Waals surface area contributed by atoms with Crippen molar-refractivity contribution in [3.05, 3.63) is 68.8 Å². The third kappa shape index (κ3) is 3.45. The molecule has 0 unspecified atom stereocenters. The average molecular weight is 431 g/mol. The first-order chi connectivity index (χ1) is 15.4. The van der Waals surface area contributed by atoms with Crippen molar-refractivity contribution >= 4 is 39.2 Å². The Hall–Kier alpha value is -3.54. The first kappa shape index (κ1) is 20.4. The van der Waals surface area contributed by atoms with Gasteiger partial charge in [0.1, 0.15) is 16.9 Å². The minimum absolute atomic E-state index is 0.163. The lowest BCUT2D eigenvalue weighted by molar-refractivity contribution is -0.116. The Kier molecular flexibility index (Phi) is 5.00. The van der Waals surface area contributed by atoms with Gasteiger partial charge in [-0.05, 0) is 75.4 Å². The van der Waals surface area contributed by atoms with Crippen LogP contribution in [-0.4, -0.2) is 5.91 Å². The van der Waals surface area contributed by atoms with Crippen molar-refractivity contribution in [3.63, 3.8) is 0 Å². The number of benzene rings is 2. The van der Waals surface area contributed by atoms with Crippen LogP contribution in [0.4, 0.5) is 11.4 Å². The monoisotopic (exact) mass is 430 g/mol. The molecule has 1 amide bonds. The van der Waals surface area contributed by atoms with Gasteiger partial charge >= 0.3 is 5.63 Å². The van der Waals surface area contributed by atoms with Crippen molar-refractivity contribution in [2.75, 3.05) is 11.1 Å². The fourth-order valence-corrected chi connectivity index (χ4v) is 4.73. The van der Waals surface area contributed by atoms with Crippen LogP contribution in [0.1, 0.15) is 47.3 Å². The second kappa shape index (κ2) is 7.86. The number of aryl methyl sites for hydroxylation is 4. The Bertz CT molecular complexity index is 1410. The molecular weight excluding hydrogens is 404 g/mol. The molecule has 0 aliphatic heterocycles. The van der Waals surface area contributed by atoms with Crippen LogP contribution in [0.5, 0.6) is 0 Å². The van der Waals surface area contributed by atoms with Crippen LogP contribution in [0.3, 0.4) is 0 Å². The van der Waals surface area contributed by atoms with Crippen molar-refractivity contribution in [2.24, 2.45) is 0 Å². The summed E-state index contributed by atoms with van der Waals surface area (Å²) in [5.74, 6) is 0.897. The fraction of sp³-hybridized carbons (Fsp3) is 0.308. The Labute approximate surface area is 185 Å². The van der Waals surface area contributed by atoms with E-state index in [1.165, 1.54) is 5.56 Å². The molecule has 2 heterocycles. The van der Waals surface area contributed by atoms with Gasteiger partial charge in [0.2, 0.25) is 5.91 Å². The molecule has 0 saturated heterocycles. The molecule has 4 aromatic rings. The second-order valence-corrected chi connectivity index (χ2v) is 8.63. The molecule has 1 aliphatic rings. The van der Waals surface area contributed by atoms with Gasteiger partial charge in [-0.15, -0.1) is 0 Å². The quantitative estimate of drug-likeness (QED) is 0.343. The smallest absolute Gasteiger partial charge is 0.339 e. The molecule has 6 heteroatoms. The Morgan fingerprint density at radius 2 is 1.72 bits per heavy atom.